The minimum absolute atomic E-state index is 0.510. The van der Waals surface area contributed by atoms with E-state index in [1.165, 1.54) is 0 Å². The van der Waals surface area contributed by atoms with Gasteiger partial charge in [0.25, 0.3) is 0 Å². The van der Waals surface area contributed by atoms with Crippen LogP contribution in [0, 0.1) is 6.92 Å². The van der Waals surface area contributed by atoms with Crippen molar-refractivity contribution in [1.82, 2.24) is 30.0 Å². The second kappa shape index (κ2) is 8.35. The van der Waals surface area contributed by atoms with Crippen LogP contribution in [0.1, 0.15) is 18.6 Å². The van der Waals surface area contributed by atoms with Crippen molar-refractivity contribution >= 4 is 23.2 Å². The molecule has 2 aromatic heterocycles. The van der Waals surface area contributed by atoms with E-state index in [0.29, 0.717) is 11.6 Å². The van der Waals surface area contributed by atoms with Crippen LogP contribution in [0.3, 0.4) is 0 Å². The molecule has 1 aliphatic rings. The molecule has 0 aliphatic carbocycles. The van der Waals surface area contributed by atoms with Crippen molar-refractivity contribution < 1.29 is 0 Å². The lowest BCUT2D eigenvalue weighted by atomic mass is 10.2. The minimum Gasteiger partial charge on any atom is -0.367 e. The predicted octanol–water partition coefficient (Wildman–Crippen LogP) is 1.46. The van der Waals surface area contributed by atoms with E-state index in [9.17, 15) is 0 Å². The summed E-state index contributed by atoms with van der Waals surface area (Å²) in [6, 6.07) is 1.97. The third kappa shape index (κ3) is 4.07. The molecule has 0 bridgehead atoms. The van der Waals surface area contributed by atoms with Gasteiger partial charge in [0.1, 0.15) is 12.4 Å². The molecule has 1 saturated heterocycles. The fourth-order valence-corrected chi connectivity index (χ4v) is 3.18. The highest BCUT2D eigenvalue weighted by Crippen LogP contribution is 2.25. The van der Waals surface area contributed by atoms with Gasteiger partial charge >= 0.3 is 0 Å². The number of piperazine rings is 1. The Bertz CT molecular complexity index is 764. The second-order valence-electron chi connectivity index (χ2n) is 6.19. The number of hydrogen-bond acceptors (Lipinski definition) is 5. The maximum absolute atomic E-state index is 6.27. The van der Waals surface area contributed by atoms with Crippen LogP contribution in [0.15, 0.2) is 23.5 Å². The molecule has 140 valence electrons. The van der Waals surface area contributed by atoms with Gasteiger partial charge in [-0.1, -0.05) is 11.6 Å². The molecule has 0 atom stereocenters. The summed E-state index contributed by atoms with van der Waals surface area (Å²) in [5.74, 6) is 2.66. The normalized spacial score (nSPS) is 15.5. The Morgan fingerprint density at radius 2 is 2.04 bits per heavy atom. The summed E-state index contributed by atoms with van der Waals surface area (Å²) in [7, 11) is 1.96. The van der Waals surface area contributed by atoms with Crippen LogP contribution >= 0.6 is 11.6 Å². The fourth-order valence-electron chi connectivity index (χ4n) is 2.94. The topological polar surface area (TPSA) is 74.5 Å². The number of rotatable bonds is 4. The fraction of sp³-hybridized carbons (Fsp3) is 0.529. The summed E-state index contributed by atoms with van der Waals surface area (Å²) in [6.45, 7) is 8.88. The Hall–Kier alpha value is -2.35. The van der Waals surface area contributed by atoms with Crippen molar-refractivity contribution in [2.24, 2.45) is 12.0 Å². The van der Waals surface area contributed by atoms with Crippen molar-refractivity contribution in [3.63, 3.8) is 0 Å². The van der Waals surface area contributed by atoms with Gasteiger partial charge in [-0.2, -0.15) is 0 Å². The minimum atomic E-state index is 0.510. The number of guanidine groups is 1. The Morgan fingerprint density at radius 3 is 2.65 bits per heavy atom. The third-order valence-corrected chi connectivity index (χ3v) is 4.85. The van der Waals surface area contributed by atoms with Crippen molar-refractivity contribution in [1.29, 1.82) is 0 Å². The van der Waals surface area contributed by atoms with Gasteiger partial charge in [-0.3, -0.25) is 4.98 Å². The van der Waals surface area contributed by atoms with Crippen LogP contribution in [0.2, 0.25) is 5.02 Å². The van der Waals surface area contributed by atoms with Crippen LogP contribution < -0.4 is 10.2 Å². The molecule has 8 nitrogen and oxygen atoms in total. The van der Waals surface area contributed by atoms with E-state index in [0.717, 1.165) is 56.0 Å². The molecule has 0 unspecified atom stereocenters. The molecule has 1 fully saturated rings. The van der Waals surface area contributed by atoms with Gasteiger partial charge in [-0.25, -0.2) is 4.99 Å². The first kappa shape index (κ1) is 18.4. The first-order valence-electron chi connectivity index (χ1n) is 8.82. The molecule has 26 heavy (non-hydrogen) atoms. The Morgan fingerprint density at radius 1 is 1.27 bits per heavy atom. The van der Waals surface area contributed by atoms with Gasteiger partial charge in [-0.15, -0.1) is 10.2 Å². The molecular weight excluding hydrogens is 352 g/mol. The molecule has 3 heterocycles. The number of halogens is 1. The summed E-state index contributed by atoms with van der Waals surface area (Å²) in [6.07, 6.45) is 3.47. The molecule has 0 amide bonds. The van der Waals surface area contributed by atoms with Crippen molar-refractivity contribution in [3.8, 4) is 0 Å². The van der Waals surface area contributed by atoms with Gasteiger partial charge in [0.15, 0.2) is 11.8 Å². The van der Waals surface area contributed by atoms with E-state index in [1.54, 1.807) is 12.4 Å². The van der Waals surface area contributed by atoms with E-state index in [2.05, 4.69) is 37.2 Å². The first-order chi connectivity index (χ1) is 12.6. The highest BCUT2D eigenvalue weighted by atomic mass is 35.5. The SMILES string of the molecule is CCNC(=NCc1nnc(C)n1C)N1CCN(c2ccncc2Cl)CC1. The number of aryl methyl sites for hydroxylation is 1. The number of nitrogens with zero attached hydrogens (tertiary/aromatic N) is 7. The van der Waals surface area contributed by atoms with Crippen LogP contribution in [-0.4, -0.2) is 63.3 Å². The van der Waals surface area contributed by atoms with Gasteiger partial charge in [-0.05, 0) is 19.9 Å². The molecule has 0 saturated carbocycles. The Kier molecular flexibility index (Phi) is 5.92. The molecule has 2 aromatic rings. The predicted molar refractivity (Wildman–Crippen MR) is 104 cm³/mol. The zero-order valence-electron chi connectivity index (χ0n) is 15.5. The van der Waals surface area contributed by atoms with Gasteiger partial charge in [0.2, 0.25) is 0 Å². The van der Waals surface area contributed by atoms with Crippen LogP contribution in [0.4, 0.5) is 5.69 Å². The summed E-state index contributed by atoms with van der Waals surface area (Å²) < 4.78 is 1.97. The van der Waals surface area contributed by atoms with Crippen LogP contribution in [0.25, 0.3) is 0 Å². The maximum Gasteiger partial charge on any atom is 0.194 e. The highest BCUT2D eigenvalue weighted by molar-refractivity contribution is 6.33. The summed E-state index contributed by atoms with van der Waals surface area (Å²) in [4.78, 5) is 13.4. The lowest BCUT2D eigenvalue weighted by Gasteiger charge is -2.38. The standard InChI is InChI=1S/C17H25ClN8/c1-4-20-17(21-12-16-23-22-13(2)24(16)3)26-9-7-25(8-10-26)15-5-6-19-11-14(15)18/h5-6,11H,4,7-10,12H2,1-3H3,(H,20,21). The first-order valence-corrected chi connectivity index (χ1v) is 9.20. The molecule has 0 spiro atoms. The van der Waals surface area contributed by atoms with Gasteiger partial charge in [0.05, 0.1) is 10.7 Å². The molecule has 0 radical (unpaired) electrons. The molecule has 1 aliphatic heterocycles. The number of pyridine rings is 1. The molecule has 9 heteroatoms. The van der Waals surface area contributed by atoms with E-state index < -0.39 is 0 Å². The lowest BCUT2D eigenvalue weighted by Crippen LogP contribution is -2.52. The van der Waals surface area contributed by atoms with E-state index >= 15 is 0 Å². The van der Waals surface area contributed by atoms with Crippen LogP contribution in [-0.2, 0) is 13.6 Å². The molecular formula is C17H25ClN8. The van der Waals surface area contributed by atoms with Gasteiger partial charge in [0, 0.05) is 52.2 Å². The number of nitrogens with one attached hydrogen (secondary N) is 1. The van der Waals surface area contributed by atoms with Crippen molar-refractivity contribution in [3.05, 3.63) is 35.1 Å². The lowest BCUT2D eigenvalue weighted by molar-refractivity contribution is 0.372. The summed E-state index contributed by atoms with van der Waals surface area (Å²) in [5.41, 5.74) is 1.04. The molecule has 3 rings (SSSR count). The number of aromatic nitrogens is 4. The second-order valence-corrected chi connectivity index (χ2v) is 6.60. The van der Waals surface area contributed by atoms with Crippen molar-refractivity contribution in [2.45, 2.75) is 20.4 Å². The van der Waals surface area contributed by atoms with Gasteiger partial charge < -0.3 is 19.7 Å². The highest BCUT2D eigenvalue weighted by Gasteiger charge is 2.21. The van der Waals surface area contributed by atoms with Crippen molar-refractivity contribution in [2.75, 3.05) is 37.6 Å². The third-order valence-electron chi connectivity index (χ3n) is 4.56. The van der Waals surface area contributed by atoms with E-state index in [-0.39, 0.29) is 0 Å². The number of hydrogen-bond donors (Lipinski definition) is 1. The average Bonchev–Trinajstić information content (AvgIpc) is 2.98. The monoisotopic (exact) mass is 376 g/mol. The molecule has 1 N–H and O–H groups in total. The largest absolute Gasteiger partial charge is 0.367 e. The number of anilines is 1. The summed E-state index contributed by atoms with van der Waals surface area (Å²) >= 11 is 6.27. The summed E-state index contributed by atoms with van der Waals surface area (Å²) in [5, 5.41) is 12.3. The van der Waals surface area contributed by atoms with E-state index in [4.69, 9.17) is 16.6 Å². The van der Waals surface area contributed by atoms with E-state index in [1.807, 2.05) is 24.6 Å². The molecule has 0 aromatic carbocycles. The zero-order chi connectivity index (χ0) is 18.5. The average molecular weight is 377 g/mol. The zero-order valence-corrected chi connectivity index (χ0v) is 16.2. The smallest absolute Gasteiger partial charge is 0.194 e. The Balaban J connectivity index is 1.65. The van der Waals surface area contributed by atoms with Crippen LogP contribution in [0.5, 0.6) is 0 Å². The number of aliphatic imine (C=N–C) groups is 1. The Labute approximate surface area is 158 Å². The quantitative estimate of drug-likeness (QED) is 0.643. The maximum atomic E-state index is 6.27.